The Hall–Kier alpha value is -0.570. The van der Waals surface area contributed by atoms with E-state index in [-0.39, 0.29) is 0 Å². The monoisotopic (exact) mass is 243 g/mol. The summed E-state index contributed by atoms with van der Waals surface area (Å²) < 4.78 is 0.567. The number of aryl methyl sites for hydroxylation is 1. The van der Waals surface area contributed by atoms with Crippen LogP contribution in [0.1, 0.15) is 4.88 Å². The molecule has 0 atom stereocenters. The molecule has 0 unspecified atom stereocenters. The number of hydrogen-bond donors (Lipinski definition) is 0. The molecule has 1 aromatic heterocycles. The molecule has 2 aromatic rings. The van der Waals surface area contributed by atoms with Crippen molar-refractivity contribution in [3.63, 3.8) is 0 Å². The highest BCUT2D eigenvalue weighted by Gasteiger charge is 2.08. The summed E-state index contributed by atoms with van der Waals surface area (Å²) in [4.78, 5) is 5.36. The van der Waals surface area contributed by atoms with Gasteiger partial charge >= 0.3 is 0 Å². The molecule has 1 heterocycles. The number of rotatable bonds is 1. The molecule has 72 valence electrons. The summed E-state index contributed by atoms with van der Waals surface area (Å²) in [5, 5.41) is 0.714. The highest BCUT2D eigenvalue weighted by Crippen LogP contribution is 2.30. The number of benzene rings is 1. The van der Waals surface area contributed by atoms with Gasteiger partial charge in [0.25, 0.3) is 0 Å². The molecule has 0 amide bonds. The molecule has 0 radical (unpaired) electrons. The van der Waals surface area contributed by atoms with Crippen LogP contribution in [0.4, 0.5) is 0 Å². The minimum Gasteiger partial charge on any atom is -0.225 e. The second-order valence-corrected chi connectivity index (χ2v) is 5.10. The summed E-state index contributed by atoms with van der Waals surface area (Å²) >= 11 is 13.2. The molecule has 0 bridgehead atoms. The van der Waals surface area contributed by atoms with Gasteiger partial charge < -0.3 is 0 Å². The summed E-state index contributed by atoms with van der Waals surface area (Å²) in [6.45, 7) is 2.00. The van der Waals surface area contributed by atoms with Gasteiger partial charge in [-0.2, -0.15) is 0 Å². The Morgan fingerprint density at radius 1 is 1.29 bits per heavy atom. The van der Waals surface area contributed by atoms with E-state index in [1.807, 2.05) is 31.2 Å². The highest BCUT2D eigenvalue weighted by atomic mass is 35.5. The van der Waals surface area contributed by atoms with E-state index in [9.17, 15) is 0 Å². The first-order valence-corrected chi connectivity index (χ1v) is 5.63. The number of hydrogen-bond acceptors (Lipinski definition) is 2. The maximum Gasteiger partial charge on any atom is 0.184 e. The van der Waals surface area contributed by atoms with Gasteiger partial charge in [0.15, 0.2) is 4.47 Å². The van der Waals surface area contributed by atoms with Crippen LogP contribution in [0.5, 0.6) is 0 Å². The largest absolute Gasteiger partial charge is 0.225 e. The van der Waals surface area contributed by atoms with Crippen molar-refractivity contribution < 1.29 is 0 Å². The molecule has 4 heteroatoms. The van der Waals surface area contributed by atoms with Gasteiger partial charge in [-0.05, 0) is 19.1 Å². The van der Waals surface area contributed by atoms with Gasteiger partial charge in [-0.1, -0.05) is 35.3 Å². The van der Waals surface area contributed by atoms with E-state index in [4.69, 9.17) is 23.2 Å². The average Bonchev–Trinajstić information content (AvgIpc) is 2.45. The fraction of sp³-hybridized carbons (Fsp3) is 0.100. The smallest absolute Gasteiger partial charge is 0.184 e. The van der Waals surface area contributed by atoms with E-state index in [1.54, 1.807) is 0 Å². The second kappa shape index (κ2) is 3.89. The first kappa shape index (κ1) is 9.97. The Morgan fingerprint density at radius 3 is 2.64 bits per heavy atom. The third-order valence-corrected chi connectivity index (χ3v) is 3.18. The zero-order valence-electron chi connectivity index (χ0n) is 7.42. The van der Waals surface area contributed by atoms with Crippen LogP contribution in [0.2, 0.25) is 9.49 Å². The fourth-order valence-corrected chi connectivity index (χ4v) is 2.54. The molecular weight excluding hydrogens is 237 g/mol. The lowest BCUT2D eigenvalue weighted by molar-refractivity contribution is 1.38. The van der Waals surface area contributed by atoms with Crippen LogP contribution in [0.25, 0.3) is 11.3 Å². The first-order chi connectivity index (χ1) is 6.66. The van der Waals surface area contributed by atoms with Crippen LogP contribution >= 0.6 is 34.5 Å². The van der Waals surface area contributed by atoms with E-state index in [2.05, 4.69) is 4.98 Å². The van der Waals surface area contributed by atoms with Gasteiger partial charge in [0.05, 0.1) is 5.69 Å². The molecule has 0 spiro atoms. The lowest BCUT2D eigenvalue weighted by Gasteiger charge is -1.98. The molecule has 0 aliphatic rings. The van der Waals surface area contributed by atoms with E-state index < -0.39 is 0 Å². The minimum absolute atomic E-state index is 0.567. The van der Waals surface area contributed by atoms with Crippen LogP contribution in [0, 0.1) is 6.92 Å². The normalized spacial score (nSPS) is 10.5. The molecule has 1 aromatic carbocycles. The maximum absolute atomic E-state index is 5.90. The molecule has 1 nitrogen and oxygen atoms in total. The summed E-state index contributed by atoms with van der Waals surface area (Å²) in [7, 11) is 0. The van der Waals surface area contributed by atoms with Crippen molar-refractivity contribution in [1.29, 1.82) is 0 Å². The molecule has 0 saturated heterocycles. The van der Waals surface area contributed by atoms with Crippen LogP contribution < -0.4 is 0 Å². The van der Waals surface area contributed by atoms with Crippen LogP contribution in [0.3, 0.4) is 0 Å². The summed E-state index contributed by atoms with van der Waals surface area (Å²) in [6, 6.07) is 7.61. The van der Waals surface area contributed by atoms with Crippen molar-refractivity contribution >= 4 is 34.5 Å². The molecule has 0 saturated carbocycles. The van der Waals surface area contributed by atoms with Crippen LogP contribution in [-0.2, 0) is 0 Å². The van der Waals surface area contributed by atoms with Crippen molar-refractivity contribution in [2.24, 2.45) is 0 Å². The van der Waals surface area contributed by atoms with Crippen molar-refractivity contribution in [3.05, 3.63) is 38.6 Å². The van der Waals surface area contributed by atoms with Gasteiger partial charge in [-0.25, -0.2) is 4.98 Å². The number of aromatic nitrogens is 1. The van der Waals surface area contributed by atoms with Gasteiger partial charge in [0, 0.05) is 15.5 Å². The van der Waals surface area contributed by atoms with Gasteiger partial charge in [-0.15, -0.1) is 11.3 Å². The third-order valence-electron chi connectivity index (χ3n) is 1.87. The molecule has 14 heavy (non-hydrogen) atoms. The molecule has 0 N–H and O–H groups in total. The van der Waals surface area contributed by atoms with Crippen molar-refractivity contribution in [2.45, 2.75) is 6.92 Å². The fourth-order valence-electron chi connectivity index (χ4n) is 1.27. The highest BCUT2D eigenvalue weighted by molar-refractivity contribution is 7.16. The number of thiazole rings is 1. The van der Waals surface area contributed by atoms with Gasteiger partial charge in [0.2, 0.25) is 0 Å². The third kappa shape index (κ3) is 1.92. The van der Waals surface area contributed by atoms with Crippen molar-refractivity contribution in [1.82, 2.24) is 4.98 Å². The van der Waals surface area contributed by atoms with E-state index in [1.165, 1.54) is 11.3 Å². The summed E-state index contributed by atoms with van der Waals surface area (Å²) in [6.07, 6.45) is 0. The predicted molar refractivity (Wildman–Crippen MR) is 62.3 cm³/mol. The minimum atomic E-state index is 0.567. The average molecular weight is 244 g/mol. The van der Waals surface area contributed by atoms with Gasteiger partial charge in [0.1, 0.15) is 0 Å². The Kier molecular flexibility index (Phi) is 2.77. The first-order valence-electron chi connectivity index (χ1n) is 4.05. The quantitative estimate of drug-likeness (QED) is 0.723. The zero-order chi connectivity index (χ0) is 10.1. The molecule has 0 fully saturated rings. The van der Waals surface area contributed by atoms with Crippen LogP contribution in [0.15, 0.2) is 24.3 Å². The molecular formula is C10H7Cl2NS. The van der Waals surface area contributed by atoms with E-state index >= 15 is 0 Å². The Balaban J connectivity index is 2.54. The number of nitrogens with zero attached hydrogens (tertiary/aromatic N) is 1. The standard InChI is InChI=1S/C10H7Cl2NS/c1-6-9(13-10(12)14-6)7-3-2-4-8(11)5-7/h2-5H,1H3. The van der Waals surface area contributed by atoms with E-state index in [0.29, 0.717) is 9.49 Å². The molecule has 0 aliphatic carbocycles. The summed E-state index contributed by atoms with van der Waals surface area (Å²) in [5.41, 5.74) is 1.93. The predicted octanol–water partition coefficient (Wildman–Crippen LogP) is 4.43. The van der Waals surface area contributed by atoms with E-state index in [0.717, 1.165) is 16.1 Å². The molecule has 2 rings (SSSR count). The van der Waals surface area contributed by atoms with Crippen molar-refractivity contribution in [2.75, 3.05) is 0 Å². The van der Waals surface area contributed by atoms with Crippen molar-refractivity contribution in [3.8, 4) is 11.3 Å². The van der Waals surface area contributed by atoms with Gasteiger partial charge in [-0.3, -0.25) is 0 Å². The Bertz CT molecular complexity index is 465. The Labute approximate surface area is 96.3 Å². The molecule has 0 aliphatic heterocycles. The lowest BCUT2D eigenvalue weighted by Crippen LogP contribution is -1.79. The topological polar surface area (TPSA) is 12.9 Å². The Morgan fingerprint density at radius 2 is 2.07 bits per heavy atom. The SMILES string of the molecule is Cc1sc(Cl)nc1-c1cccc(Cl)c1. The maximum atomic E-state index is 5.90. The zero-order valence-corrected chi connectivity index (χ0v) is 9.75. The van der Waals surface area contributed by atoms with Crippen LogP contribution in [-0.4, -0.2) is 4.98 Å². The second-order valence-electron chi connectivity index (χ2n) is 2.88. The number of halogens is 2. The summed E-state index contributed by atoms with van der Waals surface area (Å²) in [5.74, 6) is 0. The lowest BCUT2D eigenvalue weighted by atomic mass is 10.1.